The van der Waals surface area contributed by atoms with E-state index in [1.807, 2.05) is 18.7 Å². The van der Waals surface area contributed by atoms with E-state index >= 15 is 0 Å². The van der Waals surface area contributed by atoms with Gasteiger partial charge in [0.2, 0.25) is 0 Å². The van der Waals surface area contributed by atoms with Gasteiger partial charge >= 0.3 is 0 Å². The molecule has 106 valence electrons. The first kappa shape index (κ1) is 14.4. The Kier molecular flexibility index (Phi) is 4.88. The molecule has 0 spiro atoms. The summed E-state index contributed by atoms with van der Waals surface area (Å²) in [5.41, 5.74) is 0. The molecule has 1 N–H and O–H groups in total. The zero-order valence-electron chi connectivity index (χ0n) is 11.5. The van der Waals surface area contributed by atoms with Crippen LogP contribution in [0.3, 0.4) is 0 Å². The van der Waals surface area contributed by atoms with Crippen LogP contribution in [-0.2, 0) is 0 Å². The van der Waals surface area contributed by atoms with Gasteiger partial charge in [0.15, 0.2) is 11.0 Å². The molecule has 4 nitrogen and oxygen atoms in total. The SMILES string of the molecule is CC(C)N(CC1CCNCC1)C(=O)c1ccc(Cl)o1. The summed E-state index contributed by atoms with van der Waals surface area (Å²) in [5, 5.41) is 3.60. The van der Waals surface area contributed by atoms with Gasteiger partial charge in [-0.15, -0.1) is 0 Å². The van der Waals surface area contributed by atoms with E-state index in [2.05, 4.69) is 5.32 Å². The molecule has 2 heterocycles. The van der Waals surface area contributed by atoms with Crippen LogP contribution in [0.1, 0.15) is 37.2 Å². The lowest BCUT2D eigenvalue weighted by Gasteiger charge is -2.32. The van der Waals surface area contributed by atoms with Gasteiger partial charge in [0.05, 0.1) is 0 Å². The lowest BCUT2D eigenvalue weighted by molar-refractivity contribution is 0.0625. The minimum atomic E-state index is -0.0690. The molecule has 1 aromatic rings. The van der Waals surface area contributed by atoms with E-state index in [-0.39, 0.29) is 17.2 Å². The number of furan rings is 1. The van der Waals surface area contributed by atoms with Crippen LogP contribution >= 0.6 is 11.6 Å². The highest BCUT2D eigenvalue weighted by atomic mass is 35.5. The van der Waals surface area contributed by atoms with Gasteiger partial charge in [0.25, 0.3) is 5.91 Å². The molecule has 1 aliphatic heterocycles. The van der Waals surface area contributed by atoms with E-state index in [0.717, 1.165) is 32.5 Å². The topological polar surface area (TPSA) is 45.5 Å². The third-order valence-corrected chi connectivity index (χ3v) is 3.78. The van der Waals surface area contributed by atoms with E-state index in [9.17, 15) is 4.79 Å². The maximum Gasteiger partial charge on any atom is 0.289 e. The van der Waals surface area contributed by atoms with Gasteiger partial charge in [-0.25, -0.2) is 0 Å². The number of rotatable bonds is 4. The Morgan fingerprint density at radius 3 is 2.68 bits per heavy atom. The second-order valence-corrected chi connectivity index (χ2v) is 5.72. The predicted octanol–water partition coefficient (Wildman–Crippen LogP) is 2.78. The zero-order valence-corrected chi connectivity index (χ0v) is 12.2. The van der Waals surface area contributed by atoms with Crippen molar-refractivity contribution in [2.45, 2.75) is 32.7 Å². The standard InChI is InChI=1S/C14H21ClN2O2/c1-10(2)17(9-11-5-7-16-8-6-11)14(18)12-3-4-13(15)19-12/h3-4,10-11,16H,5-9H2,1-2H3. The first-order valence-corrected chi connectivity index (χ1v) is 7.22. The number of nitrogens with zero attached hydrogens (tertiary/aromatic N) is 1. The van der Waals surface area contributed by atoms with Gasteiger partial charge in [-0.2, -0.15) is 0 Å². The van der Waals surface area contributed by atoms with Gasteiger partial charge in [-0.3, -0.25) is 4.79 Å². The summed E-state index contributed by atoms with van der Waals surface area (Å²) in [6, 6.07) is 3.41. The molecule has 2 rings (SSSR count). The Bertz CT molecular complexity index is 425. The molecule has 0 aromatic carbocycles. The van der Waals surface area contributed by atoms with E-state index in [1.165, 1.54) is 0 Å². The molecule has 0 aliphatic carbocycles. The van der Waals surface area contributed by atoms with Crippen molar-refractivity contribution in [3.05, 3.63) is 23.1 Å². The van der Waals surface area contributed by atoms with E-state index in [0.29, 0.717) is 11.7 Å². The molecular formula is C14H21ClN2O2. The molecule has 1 fully saturated rings. The fourth-order valence-electron chi connectivity index (χ4n) is 2.44. The minimum Gasteiger partial charge on any atom is -0.440 e. The van der Waals surface area contributed by atoms with Gasteiger partial charge in [0.1, 0.15) is 0 Å². The molecular weight excluding hydrogens is 264 g/mol. The summed E-state index contributed by atoms with van der Waals surface area (Å²) in [6.07, 6.45) is 2.24. The number of nitrogens with one attached hydrogen (secondary N) is 1. The highest BCUT2D eigenvalue weighted by Crippen LogP contribution is 2.20. The number of halogens is 1. The van der Waals surface area contributed by atoms with E-state index in [4.69, 9.17) is 16.0 Å². The second-order valence-electron chi connectivity index (χ2n) is 5.35. The Morgan fingerprint density at radius 1 is 1.47 bits per heavy atom. The molecule has 19 heavy (non-hydrogen) atoms. The third-order valence-electron chi connectivity index (χ3n) is 3.58. The quantitative estimate of drug-likeness (QED) is 0.925. The normalized spacial score (nSPS) is 16.8. The smallest absolute Gasteiger partial charge is 0.289 e. The van der Waals surface area contributed by atoms with Gasteiger partial charge in [0, 0.05) is 12.6 Å². The summed E-state index contributed by atoms with van der Waals surface area (Å²) in [6.45, 7) is 6.93. The van der Waals surface area contributed by atoms with Gasteiger partial charge < -0.3 is 14.6 Å². The molecule has 1 aromatic heterocycles. The van der Waals surface area contributed by atoms with E-state index in [1.54, 1.807) is 12.1 Å². The molecule has 0 radical (unpaired) electrons. The molecule has 0 bridgehead atoms. The van der Waals surface area contributed by atoms with Gasteiger partial charge in [-0.05, 0) is 69.4 Å². The van der Waals surface area contributed by atoms with Gasteiger partial charge in [-0.1, -0.05) is 0 Å². The van der Waals surface area contributed by atoms with Crippen molar-refractivity contribution >= 4 is 17.5 Å². The maximum absolute atomic E-state index is 12.4. The van der Waals surface area contributed by atoms with Crippen molar-refractivity contribution in [2.24, 2.45) is 5.92 Å². The number of hydrogen-bond donors (Lipinski definition) is 1. The summed E-state index contributed by atoms with van der Waals surface area (Å²) >= 11 is 5.73. The van der Waals surface area contributed by atoms with Crippen molar-refractivity contribution in [2.75, 3.05) is 19.6 Å². The average molecular weight is 285 g/mol. The van der Waals surface area contributed by atoms with Crippen molar-refractivity contribution in [3.63, 3.8) is 0 Å². The van der Waals surface area contributed by atoms with Crippen LogP contribution in [0.2, 0.25) is 5.22 Å². The summed E-state index contributed by atoms with van der Waals surface area (Å²) < 4.78 is 5.23. The molecule has 5 heteroatoms. The Labute approximate surface area is 119 Å². The number of carbonyl (C=O) groups excluding carboxylic acids is 1. The summed E-state index contributed by atoms with van der Waals surface area (Å²) in [5.74, 6) is 0.825. The Morgan fingerprint density at radius 2 is 2.16 bits per heavy atom. The lowest BCUT2D eigenvalue weighted by Crippen LogP contribution is -2.42. The highest BCUT2D eigenvalue weighted by molar-refractivity contribution is 6.29. The molecule has 1 aliphatic rings. The molecule has 1 saturated heterocycles. The number of piperidine rings is 1. The maximum atomic E-state index is 12.4. The fraction of sp³-hybridized carbons (Fsp3) is 0.643. The highest BCUT2D eigenvalue weighted by Gasteiger charge is 2.25. The molecule has 0 saturated carbocycles. The minimum absolute atomic E-state index is 0.0690. The Balaban J connectivity index is 2.04. The first-order valence-electron chi connectivity index (χ1n) is 6.85. The van der Waals surface area contributed by atoms with Crippen molar-refractivity contribution in [1.29, 1.82) is 0 Å². The van der Waals surface area contributed by atoms with Crippen LogP contribution in [0.4, 0.5) is 0 Å². The van der Waals surface area contributed by atoms with Crippen LogP contribution < -0.4 is 5.32 Å². The van der Waals surface area contributed by atoms with Crippen molar-refractivity contribution in [1.82, 2.24) is 10.2 Å². The molecule has 0 unspecified atom stereocenters. The number of carbonyl (C=O) groups is 1. The summed E-state index contributed by atoms with van der Waals surface area (Å²) in [4.78, 5) is 14.3. The van der Waals surface area contributed by atoms with E-state index < -0.39 is 0 Å². The van der Waals surface area contributed by atoms with Crippen LogP contribution in [0.15, 0.2) is 16.5 Å². The molecule has 0 atom stereocenters. The van der Waals surface area contributed by atoms with Crippen LogP contribution in [-0.4, -0.2) is 36.5 Å². The molecule has 1 amide bonds. The summed E-state index contributed by atoms with van der Waals surface area (Å²) in [7, 11) is 0. The Hall–Kier alpha value is -1.00. The number of hydrogen-bond acceptors (Lipinski definition) is 3. The number of amides is 1. The van der Waals surface area contributed by atoms with Crippen LogP contribution in [0.5, 0.6) is 0 Å². The van der Waals surface area contributed by atoms with Crippen molar-refractivity contribution < 1.29 is 9.21 Å². The van der Waals surface area contributed by atoms with Crippen LogP contribution in [0.25, 0.3) is 0 Å². The lowest BCUT2D eigenvalue weighted by atomic mass is 9.97. The first-order chi connectivity index (χ1) is 9.08. The predicted molar refractivity (Wildman–Crippen MR) is 75.5 cm³/mol. The van der Waals surface area contributed by atoms with Crippen LogP contribution in [0, 0.1) is 5.92 Å². The van der Waals surface area contributed by atoms with Crippen molar-refractivity contribution in [3.8, 4) is 0 Å². The largest absolute Gasteiger partial charge is 0.440 e. The third kappa shape index (κ3) is 3.74. The monoisotopic (exact) mass is 284 g/mol. The zero-order chi connectivity index (χ0) is 13.8. The second kappa shape index (κ2) is 6.44. The fourth-order valence-corrected chi connectivity index (χ4v) is 2.59. The average Bonchev–Trinajstić information content (AvgIpc) is 2.83.